The van der Waals surface area contributed by atoms with Crippen LogP contribution in [0.3, 0.4) is 0 Å². The molecule has 0 fully saturated rings. The first-order chi connectivity index (χ1) is 8.65. The Morgan fingerprint density at radius 1 is 1.26 bits per heavy atom. The summed E-state index contributed by atoms with van der Waals surface area (Å²) in [6, 6.07) is 15.9. The van der Waals surface area contributed by atoms with E-state index < -0.39 is 5.24 Å². The minimum absolute atomic E-state index is 0. The van der Waals surface area contributed by atoms with Crippen LogP contribution >= 0.6 is 11.6 Å². The van der Waals surface area contributed by atoms with E-state index in [2.05, 4.69) is 6.07 Å². The van der Waals surface area contributed by atoms with Gasteiger partial charge in [-0.2, -0.15) is 18.2 Å². The van der Waals surface area contributed by atoms with Gasteiger partial charge in [0.1, 0.15) is 5.75 Å². The largest absolute Gasteiger partial charge is 0.483 e. The number of carbonyl (C=O) groups is 1. The van der Waals surface area contributed by atoms with Gasteiger partial charge in [-0.15, -0.1) is 11.6 Å². The van der Waals surface area contributed by atoms with Crippen molar-refractivity contribution in [3.05, 3.63) is 59.7 Å². The molecular formula is C15H12ClO2Y-. The van der Waals surface area contributed by atoms with Crippen molar-refractivity contribution in [3.63, 3.8) is 0 Å². The third-order valence-electron chi connectivity index (χ3n) is 2.48. The first-order valence-corrected chi connectivity index (χ1v) is 5.95. The van der Waals surface area contributed by atoms with Crippen LogP contribution in [0.4, 0.5) is 0 Å². The fourth-order valence-electron chi connectivity index (χ4n) is 1.57. The van der Waals surface area contributed by atoms with Crippen LogP contribution in [-0.2, 0) is 43.9 Å². The number of halogens is 1. The topological polar surface area (TPSA) is 26.3 Å². The van der Waals surface area contributed by atoms with Crippen molar-refractivity contribution in [2.75, 3.05) is 0 Å². The molecule has 0 aliphatic carbocycles. The van der Waals surface area contributed by atoms with E-state index in [1.807, 2.05) is 31.2 Å². The van der Waals surface area contributed by atoms with Gasteiger partial charge >= 0.3 is 0 Å². The predicted octanol–water partition coefficient (Wildman–Crippen LogP) is 3.89. The van der Waals surface area contributed by atoms with Gasteiger partial charge in [0.25, 0.3) is 0 Å². The number of ether oxygens (including phenoxy) is 1. The smallest absolute Gasteiger partial charge is 0.214 e. The maximum absolute atomic E-state index is 11.0. The van der Waals surface area contributed by atoms with Gasteiger partial charge in [-0.05, 0) is 30.7 Å². The zero-order valence-corrected chi connectivity index (χ0v) is 14.1. The van der Waals surface area contributed by atoms with Crippen LogP contribution in [-0.4, -0.2) is 5.24 Å². The van der Waals surface area contributed by atoms with Crippen molar-refractivity contribution in [2.45, 2.75) is 13.3 Å². The second-order valence-corrected chi connectivity index (χ2v) is 4.40. The molecule has 2 rings (SSSR count). The molecule has 2 nitrogen and oxygen atoms in total. The van der Waals surface area contributed by atoms with Gasteiger partial charge in [0.05, 0.1) is 0 Å². The number of carbonyl (C=O) groups excluding carboxylic acids is 1. The standard InChI is InChI=1S/C15H12ClO2.Y/c1-11-6-8-13(9-7-11)18-14-5-3-2-4-12(14)10-15(16)17;/h3-9H,10H2,1H3;/q-1;. The van der Waals surface area contributed by atoms with Crippen LogP contribution in [0.2, 0.25) is 0 Å². The number of aryl methyl sites for hydroxylation is 1. The SMILES string of the molecule is Cc1ccc(Oc2cc[c-]cc2CC(=O)Cl)cc1.[Y]. The van der Waals surface area contributed by atoms with Crippen molar-refractivity contribution in [1.29, 1.82) is 0 Å². The Hall–Kier alpha value is -0.696. The zero-order valence-electron chi connectivity index (χ0n) is 10.5. The van der Waals surface area contributed by atoms with Gasteiger partial charge in [-0.3, -0.25) is 4.79 Å². The van der Waals surface area contributed by atoms with E-state index in [-0.39, 0.29) is 39.1 Å². The van der Waals surface area contributed by atoms with Crippen molar-refractivity contribution >= 4 is 16.8 Å². The molecule has 0 unspecified atom stereocenters. The van der Waals surface area contributed by atoms with E-state index in [4.69, 9.17) is 16.3 Å². The maximum Gasteiger partial charge on any atom is 0.214 e. The molecular weight excluding hydrogens is 337 g/mol. The molecule has 1 radical (unpaired) electrons. The molecule has 0 aliphatic rings. The van der Waals surface area contributed by atoms with Gasteiger partial charge in [0.2, 0.25) is 5.24 Å². The monoisotopic (exact) mass is 348 g/mol. The zero-order chi connectivity index (χ0) is 13.0. The van der Waals surface area contributed by atoms with Crippen molar-refractivity contribution in [1.82, 2.24) is 0 Å². The molecule has 0 saturated carbocycles. The van der Waals surface area contributed by atoms with E-state index in [0.29, 0.717) is 5.75 Å². The van der Waals surface area contributed by atoms with Gasteiger partial charge in [0.15, 0.2) is 0 Å². The summed E-state index contributed by atoms with van der Waals surface area (Å²) in [5, 5.41) is -0.414. The fourth-order valence-corrected chi connectivity index (χ4v) is 1.72. The molecule has 19 heavy (non-hydrogen) atoms. The first kappa shape index (κ1) is 16.4. The molecule has 95 valence electrons. The molecule has 0 atom stereocenters. The Labute approximate surface area is 143 Å². The van der Waals surface area contributed by atoms with E-state index in [1.54, 1.807) is 18.2 Å². The van der Waals surface area contributed by atoms with Crippen LogP contribution < -0.4 is 4.74 Å². The van der Waals surface area contributed by atoms with Gasteiger partial charge < -0.3 is 4.74 Å². The van der Waals surface area contributed by atoms with Crippen molar-refractivity contribution < 1.29 is 42.2 Å². The number of benzene rings is 2. The molecule has 0 aliphatic heterocycles. The average Bonchev–Trinajstić information content (AvgIpc) is 2.34. The second-order valence-electron chi connectivity index (χ2n) is 3.98. The fraction of sp³-hybridized carbons (Fsp3) is 0.133. The van der Waals surface area contributed by atoms with Gasteiger partial charge in [-0.1, -0.05) is 17.7 Å². The molecule has 4 heteroatoms. The van der Waals surface area contributed by atoms with E-state index in [9.17, 15) is 4.79 Å². The molecule has 0 bridgehead atoms. The molecule has 0 saturated heterocycles. The Morgan fingerprint density at radius 3 is 2.58 bits per heavy atom. The maximum atomic E-state index is 11.0. The molecule has 0 aromatic heterocycles. The van der Waals surface area contributed by atoms with E-state index in [0.717, 1.165) is 11.3 Å². The number of hydrogen-bond acceptors (Lipinski definition) is 2. The summed E-state index contributed by atoms with van der Waals surface area (Å²) in [5.74, 6) is 1.36. The van der Waals surface area contributed by atoms with Crippen molar-refractivity contribution in [3.8, 4) is 11.5 Å². The summed E-state index contributed by atoms with van der Waals surface area (Å²) in [7, 11) is 0. The summed E-state index contributed by atoms with van der Waals surface area (Å²) < 4.78 is 5.73. The summed E-state index contributed by atoms with van der Waals surface area (Å²) in [5.41, 5.74) is 1.90. The minimum atomic E-state index is -0.414. The second kappa shape index (κ2) is 7.79. The molecule has 0 amide bonds. The normalized spacial score (nSPS) is 9.58. The van der Waals surface area contributed by atoms with Crippen LogP contribution in [0.15, 0.2) is 42.5 Å². The summed E-state index contributed by atoms with van der Waals surface area (Å²) in [4.78, 5) is 11.0. The van der Waals surface area contributed by atoms with Crippen LogP contribution in [0, 0.1) is 13.0 Å². The average molecular weight is 349 g/mol. The predicted molar refractivity (Wildman–Crippen MR) is 71.1 cm³/mol. The van der Waals surface area contributed by atoms with E-state index >= 15 is 0 Å². The Kier molecular flexibility index (Phi) is 6.70. The third-order valence-corrected chi connectivity index (χ3v) is 2.62. The van der Waals surface area contributed by atoms with Crippen LogP contribution in [0.1, 0.15) is 11.1 Å². The molecule has 2 aromatic carbocycles. The van der Waals surface area contributed by atoms with Crippen LogP contribution in [0.25, 0.3) is 0 Å². The minimum Gasteiger partial charge on any atom is -0.483 e. The molecule has 2 aromatic rings. The van der Waals surface area contributed by atoms with Crippen LogP contribution in [0.5, 0.6) is 11.5 Å². The molecule has 0 spiro atoms. The van der Waals surface area contributed by atoms with Gasteiger partial charge in [0, 0.05) is 44.9 Å². The third kappa shape index (κ3) is 5.06. The summed E-state index contributed by atoms with van der Waals surface area (Å²) in [6.45, 7) is 2.01. The first-order valence-electron chi connectivity index (χ1n) is 5.57. The Morgan fingerprint density at radius 2 is 1.95 bits per heavy atom. The summed E-state index contributed by atoms with van der Waals surface area (Å²) >= 11 is 5.40. The Bertz CT molecular complexity index is 552. The Balaban J connectivity index is 0.00000180. The molecule has 0 heterocycles. The van der Waals surface area contributed by atoms with E-state index in [1.165, 1.54) is 5.56 Å². The quantitative estimate of drug-likeness (QED) is 0.619. The number of rotatable bonds is 4. The summed E-state index contributed by atoms with van der Waals surface area (Å²) in [6.07, 6.45) is 0.139. The molecule has 0 N–H and O–H groups in total. The van der Waals surface area contributed by atoms with Crippen molar-refractivity contribution in [2.24, 2.45) is 0 Å². The number of hydrogen-bond donors (Lipinski definition) is 0. The van der Waals surface area contributed by atoms with Gasteiger partial charge in [-0.25, -0.2) is 0 Å².